The van der Waals surface area contributed by atoms with Gasteiger partial charge in [0.25, 0.3) is 0 Å². The second-order valence-electron chi connectivity index (χ2n) is 3.28. The van der Waals surface area contributed by atoms with Gasteiger partial charge in [-0.1, -0.05) is 0 Å². The lowest BCUT2D eigenvalue weighted by atomic mass is 10.3. The summed E-state index contributed by atoms with van der Waals surface area (Å²) in [6.07, 6.45) is 0. The van der Waals surface area contributed by atoms with Gasteiger partial charge in [-0.2, -0.15) is 0 Å². The molecule has 1 unspecified atom stereocenters. The smallest absolute Gasteiger partial charge is 0.327 e. The summed E-state index contributed by atoms with van der Waals surface area (Å²) in [5.74, 6) is -1.59. The Morgan fingerprint density at radius 2 is 1.62 bits per heavy atom. The van der Waals surface area contributed by atoms with Crippen molar-refractivity contribution in [2.45, 2.75) is 19.9 Å². The van der Waals surface area contributed by atoms with Gasteiger partial charge in [0.1, 0.15) is 6.04 Å². The first-order valence-corrected chi connectivity index (χ1v) is 4.94. The van der Waals surface area contributed by atoms with Crippen LogP contribution in [0.3, 0.4) is 0 Å². The fraction of sp³-hybridized carbons (Fsp3) is 0.778. The van der Waals surface area contributed by atoms with Crippen LogP contribution >= 0.6 is 0 Å². The highest BCUT2D eigenvalue weighted by molar-refractivity contribution is 5.81. The molecule has 0 radical (unpaired) electrons. The largest absolute Gasteiger partial charge is 0.480 e. The van der Waals surface area contributed by atoms with Gasteiger partial charge in [-0.3, -0.25) is 9.80 Å². The molecule has 94 valence electrons. The van der Waals surface area contributed by atoms with Crippen molar-refractivity contribution in [3.63, 3.8) is 0 Å². The van der Waals surface area contributed by atoms with E-state index in [-0.39, 0.29) is 26.3 Å². The maximum Gasteiger partial charge on any atom is 0.327 e. The van der Waals surface area contributed by atoms with E-state index in [1.165, 1.54) is 18.9 Å². The lowest BCUT2D eigenvalue weighted by Gasteiger charge is -2.36. The first kappa shape index (κ1) is 14.8. The molecular formula is C9H18N2O5. The van der Waals surface area contributed by atoms with Crippen LogP contribution in [0, 0.1) is 0 Å². The molecule has 0 heterocycles. The molecule has 3 N–H and O–H groups in total. The van der Waals surface area contributed by atoms with Gasteiger partial charge in [0, 0.05) is 20.0 Å². The Morgan fingerprint density at radius 3 is 1.88 bits per heavy atom. The third-order valence-electron chi connectivity index (χ3n) is 2.07. The summed E-state index contributed by atoms with van der Waals surface area (Å²) in [4.78, 5) is 22.2. The van der Waals surface area contributed by atoms with Crippen molar-refractivity contribution in [3.8, 4) is 0 Å². The fourth-order valence-electron chi connectivity index (χ4n) is 1.38. The van der Waals surface area contributed by atoms with Crippen molar-refractivity contribution in [2.24, 2.45) is 0 Å². The number of carbonyl (C=O) groups excluding carboxylic acids is 1. The number of aliphatic hydroxyl groups is 2. The van der Waals surface area contributed by atoms with Crippen LogP contribution in [0.25, 0.3) is 0 Å². The predicted molar refractivity (Wildman–Crippen MR) is 55.4 cm³/mol. The standard InChI is InChI=1S/C9H18N2O5/c1-7(9(15)16)11(8(2)14)10(3-5-12)4-6-13/h7,12-13H,3-6H2,1-2H3,(H,15,16). The Balaban J connectivity index is 4.82. The predicted octanol–water partition coefficient (Wildman–Crippen LogP) is -1.49. The third kappa shape index (κ3) is 4.13. The number of carbonyl (C=O) groups is 2. The zero-order valence-electron chi connectivity index (χ0n) is 9.46. The first-order valence-electron chi connectivity index (χ1n) is 4.94. The molecule has 0 rings (SSSR count). The monoisotopic (exact) mass is 234 g/mol. The molecule has 16 heavy (non-hydrogen) atoms. The third-order valence-corrected chi connectivity index (χ3v) is 2.07. The number of nitrogens with zero attached hydrogens (tertiary/aromatic N) is 2. The zero-order chi connectivity index (χ0) is 12.7. The number of hydrogen-bond acceptors (Lipinski definition) is 5. The summed E-state index contributed by atoms with van der Waals surface area (Å²) >= 11 is 0. The molecule has 1 atom stereocenters. The second-order valence-corrected chi connectivity index (χ2v) is 3.28. The normalized spacial score (nSPS) is 12.6. The van der Waals surface area contributed by atoms with Crippen molar-refractivity contribution >= 4 is 11.9 Å². The molecule has 0 saturated carbocycles. The number of carboxylic acids is 1. The summed E-state index contributed by atoms with van der Waals surface area (Å²) in [5.41, 5.74) is 0. The van der Waals surface area contributed by atoms with E-state index in [9.17, 15) is 9.59 Å². The molecule has 0 saturated heterocycles. The van der Waals surface area contributed by atoms with Crippen molar-refractivity contribution in [1.82, 2.24) is 10.0 Å². The van der Waals surface area contributed by atoms with Crippen LogP contribution in [0.5, 0.6) is 0 Å². The van der Waals surface area contributed by atoms with Gasteiger partial charge < -0.3 is 15.3 Å². The Kier molecular flexibility index (Phi) is 6.63. The molecule has 0 bridgehead atoms. The number of carboxylic acid groups (broad SMARTS) is 1. The summed E-state index contributed by atoms with van der Waals surface area (Å²) in [5, 5.41) is 28.8. The number of aliphatic hydroxyl groups excluding tert-OH is 2. The van der Waals surface area contributed by atoms with E-state index in [1.807, 2.05) is 0 Å². The van der Waals surface area contributed by atoms with Crippen LogP contribution in [0.15, 0.2) is 0 Å². The highest BCUT2D eigenvalue weighted by atomic mass is 16.4. The van der Waals surface area contributed by atoms with E-state index in [2.05, 4.69) is 0 Å². The van der Waals surface area contributed by atoms with Gasteiger partial charge in [0.15, 0.2) is 0 Å². The minimum Gasteiger partial charge on any atom is -0.480 e. The van der Waals surface area contributed by atoms with E-state index >= 15 is 0 Å². The Bertz CT molecular complexity index is 240. The van der Waals surface area contributed by atoms with Gasteiger partial charge in [-0.05, 0) is 6.92 Å². The van der Waals surface area contributed by atoms with Gasteiger partial charge in [0.2, 0.25) is 5.91 Å². The van der Waals surface area contributed by atoms with E-state index in [1.54, 1.807) is 0 Å². The topological polar surface area (TPSA) is 101 Å². The number of rotatable bonds is 7. The highest BCUT2D eigenvalue weighted by Gasteiger charge is 2.28. The summed E-state index contributed by atoms with van der Waals surface area (Å²) < 4.78 is 0. The molecular weight excluding hydrogens is 216 g/mol. The van der Waals surface area contributed by atoms with Gasteiger partial charge in [0.05, 0.1) is 13.2 Å². The number of amides is 1. The average molecular weight is 234 g/mol. The molecule has 0 spiro atoms. The van der Waals surface area contributed by atoms with Crippen LogP contribution in [0.2, 0.25) is 0 Å². The summed E-state index contributed by atoms with van der Waals surface area (Å²) in [6, 6.07) is -1.03. The molecule has 0 aliphatic carbocycles. The highest BCUT2D eigenvalue weighted by Crippen LogP contribution is 2.05. The molecule has 7 nitrogen and oxygen atoms in total. The maximum atomic E-state index is 11.3. The van der Waals surface area contributed by atoms with Crippen molar-refractivity contribution < 1.29 is 24.9 Å². The maximum absolute atomic E-state index is 11.3. The lowest BCUT2D eigenvalue weighted by Crippen LogP contribution is -2.54. The molecule has 0 aliphatic rings. The number of aliphatic carboxylic acids is 1. The van der Waals surface area contributed by atoms with E-state index < -0.39 is 17.9 Å². The van der Waals surface area contributed by atoms with Crippen LogP contribution in [-0.4, -0.2) is 69.6 Å². The van der Waals surface area contributed by atoms with Crippen LogP contribution in [0.4, 0.5) is 0 Å². The molecule has 0 aliphatic heterocycles. The van der Waals surface area contributed by atoms with E-state index in [0.717, 1.165) is 5.01 Å². The van der Waals surface area contributed by atoms with Gasteiger partial charge >= 0.3 is 5.97 Å². The summed E-state index contributed by atoms with van der Waals surface area (Å²) in [6.45, 7) is 2.34. The van der Waals surface area contributed by atoms with Crippen molar-refractivity contribution in [3.05, 3.63) is 0 Å². The molecule has 0 aromatic rings. The van der Waals surface area contributed by atoms with Gasteiger partial charge in [-0.15, -0.1) is 0 Å². The number of hydrogen-bond donors (Lipinski definition) is 3. The van der Waals surface area contributed by atoms with E-state index in [0.29, 0.717) is 0 Å². The van der Waals surface area contributed by atoms with Crippen LogP contribution < -0.4 is 0 Å². The van der Waals surface area contributed by atoms with Crippen molar-refractivity contribution in [2.75, 3.05) is 26.3 Å². The Labute approximate surface area is 93.9 Å². The fourth-order valence-corrected chi connectivity index (χ4v) is 1.38. The zero-order valence-corrected chi connectivity index (χ0v) is 9.46. The van der Waals surface area contributed by atoms with Crippen molar-refractivity contribution in [1.29, 1.82) is 0 Å². The van der Waals surface area contributed by atoms with Gasteiger partial charge in [-0.25, -0.2) is 9.80 Å². The SMILES string of the molecule is CC(=O)N(C(C)C(=O)O)N(CCO)CCO. The first-order chi connectivity index (χ1) is 7.45. The minimum atomic E-state index is -1.14. The van der Waals surface area contributed by atoms with E-state index in [4.69, 9.17) is 15.3 Å². The quantitative estimate of drug-likeness (QED) is 0.464. The van der Waals surface area contributed by atoms with Crippen LogP contribution in [0.1, 0.15) is 13.8 Å². The molecule has 0 aromatic carbocycles. The summed E-state index contributed by atoms with van der Waals surface area (Å²) in [7, 11) is 0. The Hall–Kier alpha value is -1.18. The molecule has 7 heteroatoms. The minimum absolute atomic E-state index is 0.0950. The lowest BCUT2D eigenvalue weighted by molar-refractivity contribution is -0.167. The average Bonchev–Trinajstić information content (AvgIpc) is 2.17. The number of hydrazine groups is 1. The molecule has 0 aromatic heterocycles. The molecule has 0 fully saturated rings. The van der Waals surface area contributed by atoms with Crippen LogP contribution in [-0.2, 0) is 9.59 Å². The Morgan fingerprint density at radius 1 is 1.19 bits per heavy atom. The second kappa shape index (κ2) is 7.15. The molecule has 1 amide bonds.